The minimum atomic E-state index is -0.628. The summed E-state index contributed by atoms with van der Waals surface area (Å²) in [7, 11) is 2.02. The summed E-state index contributed by atoms with van der Waals surface area (Å²) in [6.45, 7) is 3.76. The van der Waals surface area contributed by atoms with Crippen molar-refractivity contribution in [1.82, 2.24) is 4.90 Å². The fourth-order valence-electron chi connectivity index (χ4n) is 2.14. The molecule has 1 aromatic rings. The first-order valence-corrected chi connectivity index (χ1v) is 6.86. The molecule has 1 saturated carbocycles. The summed E-state index contributed by atoms with van der Waals surface area (Å²) in [5.41, 5.74) is 0.918. The molecule has 4 heteroatoms. The lowest BCUT2D eigenvalue weighted by atomic mass is 10.1. The molecule has 17 heavy (non-hydrogen) atoms. The van der Waals surface area contributed by atoms with E-state index in [2.05, 4.69) is 23.3 Å². The van der Waals surface area contributed by atoms with E-state index in [1.54, 1.807) is 11.3 Å². The van der Waals surface area contributed by atoms with Crippen LogP contribution in [0.2, 0.25) is 0 Å². The van der Waals surface area contributed by atoms with Gasteiger partial charge < -0.3 is 10.0 Å². The third-order valence-corrected chi connectivity index (χ3v) is 4.65. The van der Waals surface area contributed by atoms with Crippen LogP contribution in [0.4, 0.5) is 0 Å². The van der Waals surface area contributed by atoms with Gasteiger partial charge in [-0.15, -0.1) is 11.3 Å². The van der Waals surface area contributed by atoms with Gasteiger partial charge in [-0.25, -0.2) is 0 Å². The van der Waals surface area contributed by atoms with Gasteiger partial charge in [0, 0.05) is 18.0 Å². The molecule has 0 saturated heterocycles. The topological polar surface area (TPSA) is 40.5 Å². The van der Waals surface area contributed by atoms with Crippen molar-refractivity contribution in [1.29, 1.82) is 0 Å². The van der Waals surface area contributed by atoms with Crippen molar-refractivity contribution in [2.45, 2.75) is 26.2 Å². The Labute approximate surface area is 106 Å². The quantitative estimate of drug-likeness (QED) is 0.846. The van der Waals surface area contributed by atoms with E-state index in [0.717, 1.165) is 25.8 Å². The number of rotatable bonds is 6. The average molecular weight is 253 g/mol. The van der Waals surface area contributed by atoms with Crippen LogP contribution in [-0.2, 0) is 11.2 Å². The van der Waals surface area contributed by atoms with E-state index in [1.165, 1.54) is 10.4 Å². The summed E-state index contributed by atoms with van der Waals surface area (Å²) < 4.78 is 0. The predicted octanol–water partition coefficient (Wildman–Crippen LogP) is 2.40. The van der Waals surface area contributed by atoms with E-state index >= 15 is 0 Å². The molecular formula is C13H19NO2S. The van der Waals surface area contributed by atoms with Crippen molar-refractivity contribution >= 4 is 17.3 Å². The molecule has 0 unspecified atom stereocenters. The first-order valence-electron chi connectivity index (χ1n) is 5.98. The Kier molecular flexibility index (Phi) is 3.54. The second-order valence-corrected chi connectivity index (χ2v) is 6.10. The fourth-order valence-corrected chi connectivity index (χ4v) is 3.04. The maximum atomic E-state index is 11.1. The number of carboxylic acids is 1. The number of carboxylic acid groups (broad SMARTS) is 1. The van der Waals surface area contributed by atoms with Gasteiger partial charge in [-0.1, -0.05) is 0 Å². The first-order chi connectivity index (χ1) is 8.03. The van der Waals surface area contributed by atoms with E-state index in [4.69, 9.17) is 5.11 Å². The number of nitrogens with zero attached hydrogens (tertiary/aromatic N) is 1. The van der Waals surface area contributed by atoms with Crippen LogP contribution in [0, 0.1) is 12.3 Å². The summed E-state index contributed by atoms with van der Waals surface area (Å²) in [6, 6.07) is 2.14. The number of aliphatic carboxylic acids is 1. The highest BCUT2D eigenvalue weighted by atomic mass is 32.1. The van der Waals surface area contributed by atoms with Crippen LogP contribution >= 0.6 is 11.3 Å². The normalized spacial score (nSPS) is 17.4. The molecule has 0 spiro atoms. The lowest BCUT2D eigenvalue weighted by Crippen LogP contribution is -2.33. The van der Waals surface area contributed by atoms with Gasteiger partial charge >= 0.3 is 5.97 Å². The lowest BCUT2D eigenvalue weighted by Gasteiger charge is -2.20. The highest BCUT2D eigenvalue weighted by Gasteiger charge is 2.50. The highest BCUT2D eigenvalue weighted by Crippen LogP contribution is 2.46. The van der Waals surface area contributed by atoms with Crippen molar-refractivity contribution in [2.24, 2.45) is 5.41 Å². The molecular weight excluding hydrogens is 234 g/mol. The summed E-state index contributed by atoms with van der Waals surface area (Å²) >= 11 is 1.79. The number of carbonyl (C=O) groups is 1. The predicted molar refractivity (Wildman–Crippen MR) is 69.6 cm³/mol. The SMILES string of the molecule is Cc1ccsc1CCN(C)CC1(C(=O)O)CC1. The Morgan fingerprint density at radius 1 is 1.59 bits per heavy atom. The number of hydrogen-bond acceptors (Lipinski definition) is 3. The zero-order valence-electron chi connectivity index (χ0n) is 10.4. The second kappa shape index (κ2) is 4.78. The van der Waals surface area contributed by atoms with E-state index in [-0.39, 0.29) is 0 Å². The van der Waals surface area contributed by atoms with Crippen LogP contribution in [0.15, 0.2) is 11.4 Å². The van der Waals surface area contributed by atoms with Crippen molar-refractivity contribution in [3.8, 4) is 0 Å². The maximum Gasteiger partial charge on any atom is 0.310 e. The molecule has 1 aliphatic rings. The fraction of sp³-hybridized carbons (Fsp3) is 0.615. The summed E-state index contributed by atoms with van der Waals surface area (Å²) in [4.78, 5) is 14.6. The maximum absolute atomic E-state index is 11.1. The van der Waals surface area contributed by atoms with Gasteiger partial charge in [0.2, 0.25) is 0 Å². The van der Waals surface area contributed by atoms with Crippen LogP contribution < -0.4 is 0 Å². The third-order valence-electron chi connectivity index (χ3n) is 3.57. The molecule has 0 atom stereocenters. The number of hydrogen-bond donors (Lipinski definition) is 1. The van der Waals surface area contributed by atoms with Crippen LogP contribution in [0.3, 0.4) is 0 Å². The van der Waals surface area contributed by atoms with E-state index < -0.39 is 11.4 Å². The third kappa shape index (κ3) is 2.87. The Morgan fingerprint density at radius 3 is 2.76 bits per heavy atom. The van der Waals surface area contributed by atoms with Crippen molar-refractivity contribution in [2.75, 3.05) is 20.1 Å². The minimum Gasteiger partial charge on any atom is -0.481 e. The highest BCUT2D eigenvalue weighted by molar-refractivity contribution is 7.10. The van der Waals surface area contributed by atoms with Crippen LogP contribution in [-0.4, -0.2) is 36.1 Å². The Morgan fingerprint density at radius 2 is 2.29 bits per heavy atom. The molecule has 0 radical (unpaired) electrons. The van der Waals surface area contributed by atoms with Crippen LogP contribution in [0.1, 0.15) is 23.3 Å². The number of likely N-dealkylation sites (N-methyl/N-ethyl adjacent to an activating group) is 1. The molecule has 1 aromatic heterocycles. The summed E-state index contributed by atoms with van der Waals surface area (Å²) in [6.07, 6.45) is 2.70. The smallest absolute Gasteiger partial charge is 0.310 e. The molecule has 0 bridgehead atoms. The van der Waals surface area contributed by atoms with E-state index in [1.807, 2.05) is 7.05 Å². The van der Waals surface area contributed by atoms with Crippen molar-refractivity contribution in [3.63, 3.8) is 0 Å². The molecule has 3 nitrogen and oxygen atoms in total. The average Bonchev–Trinajstić information content (AvgIpc) is 2.93. The first kappa shape index (κ1) is 12.6. The molecule has 1 N–H and O–H groups in total. The summed E-state index contributed by atoms with van der Waals surface area (Å²) in [5, 5.41) is 11.2. The van der Waals surface area contributed by atoms with Gasteiger partial charge in [-0.3, -0.25) is 4.79 Å². The van der Waals surface area contributed by atoms with Gasteiger partial charge in [0.05, 0.1) is 5.41 Å². The van der Waals surface area contributed by atoms with Gasteiger partial charge in [0.1, 0.15) is 0 Å². The molecule has 0 amide bonds. The monoisotopic (exact) mass is 253 g/mol. The van der Waals surface area contributed by atoms with E-state index in [0.29, 0.717) is 6.54 Å². The summed E-state index contributed by atoms with van der Waals surface area (Å²) in [5.74, 6) is -0.628. The Hall–Kier alpha value is -0.870. The number of thiophene rings is 1. The zero-order chi connectivity index (χ0) is 12.5. The van der Waals surface area contributed by atoms with Gasteiger partial charge in [-0.2, -0.15) is 0 Å². The molecule has 0 aromatic carbocycles. The molecule has 94 valence electrons. The van der Waals surface area contributed by atoms with Gasteiger partial charge in [0.15, 0.2) is 0 Å². The van der Waals surface area contributed by atoms with Gasteiger partial charge in [0.25, 0.3) is 0 Å². The molecule has 2 rings (SSSR count). The zero-order valence-corrected chi connectivity index (χ0v) is 11.2. The van der Waals surface area contributed by atoms with Crippen LogP contribution in [0.25, 0.3) is 0 Å². The van der Waals surface area contributed by atoms with Gasteiger partial charge in [-0.05, 0) is 50.2 Å². The Balaban J connectivity index is 1.80. The van der Waals surface area contributed by atoms with Crippen LogP contribution in [0.5, 0.6) is 0 Å². The van der Waals surface area contributed by atoms with Crippen molar-refractivity contribution in [3.05, 3.63) is 21.9 Å². The molecule has 1 fully saturated rings. The standard InChI is InChI=1S/C13H19NO2S/c1-10-4-8-17-11(10)3-7-14(2)9-13(5-6-13)12(15)16/h4,8H,3,5-7,9H2,1-2H3,(H,15,16). The van der Waals surface area contributed by atoms with E-state index in [9.17, 15) is 4.79 Å². The Bertz CT molecular complexity index is 409. The molecule has 1 heterocycles. The molecule has 0 aliphatic heterocycles. The second-order valence-electron chi connectivity index (χ2n) is 5.10. The largest absolute Gasteiger partial charge is 0.481 e. The molecule has 1 aliphatic carbocycles. The minimum absolute atomic E-state index is 0.431. The lowest BCUT2D eigenvalue weighted by molar-refractivity contribution is -0.144. The van der Waals surface area contributed by atoms with Crippen molar-refractivity contribution < 1.29 is 9.90 Å². The number of aryl methyl sites for hydroxylation is 1.